The Hall–Kier alpha value is -2.31. The molecule has 0 amide bonds. The van der Waals surface area contributed by atoms with E-state index in [-0.39, 0.29) is 0 Å². The van der Waals surface area contributed by atoms with Crippen LogP contribution in [-0.2, 0) is 12.8 Å². The van der Waals surface area contributed by atoms with Crippen LogP contribution in [0.15, 0.2) is 18.3 Å². The molecule has 1 fully saturated rings. The molecule has 3 rings (SSSR count). The third kappa shape index (κ3) is 3.55. The molecule has 2 aromatic rings. The molecule has 122 valence electrons. The summed E-state index contributed by atoms with van der Waals surface area (Å²) in [4.78, 5) is 9.22. The van der Waals surface area contributed by atoms with Gasteiger partial charge in [0, 0.05) is 32.4 Å². The highest BCUT2D eigenvalue weighted by atomic mass is 15.4. The van der Waals surface area contributed by atoms with Gasteiger partial charge in [-0.25, -0.2) is 4.98 Å². The van der Waals surface area contributed by atoms with Gasteiger partial charge in [0.1, 0.15) is 0 Å². The van der Waals surface area contributed by atoms with Gasteiger partial charge in [-0.1, -0.05) is 13.8 Å². The van der Waals surface area contributed by atoms with E-state index in [9.17, 15) is 0 Å². The van der Waals surface area contributed by atoms with E-state index >= 15 is 0 Å². The average Bonchev–Trinajstić information content (AvgIpc) is 2.88. The molecule has 0 saturated carbocycles. The van der Waals surface area contributed by atoms with Crippen LogP contribution in [-0.4, -0.2) is 51.6 Å². The maximum absolute atomic E-state index is 4.73. The molecule has 2 aromatic heterocycles. The minimum Gasteiger partial charge on any atom is -0.353 e. The zero-order valence-electron chi connectivity index (χ0n) is 13.8. The second-order valence-corrected chi connectivity index (χ2v) is 5.62. The SMILES string of the molecule is CCc1nnc(N2CCCN(c3cccnn3)CC2)nc1CC. The molecule has 1 aliphatic rings. The quantitative estimate of drug-likeness (QED) is 0.847. The van der Waals surface area contributed by atoms with Crippen LogP contribution in [0.2, 0.25) is 0 Å². The van der Waals surface area contributed by atoms with Gasteiger partial charge in [-0.3, -0.25) is 0 Å². The van der Waals surface area contributed by atoms with E-state index in [0.717, 1.165) is 68.6 Å². The molecule has 0 aromatic carbocycles. The fourth-order valence-corrected chi connectivity index (χ4v) is 2.87. The third-order valence-electron chi connectivity index (χ3n) is 4.16. The molecular formula is C16H23N7. The molecule has 23 heavy (non-hydrogen) atoms. The van der Waals surface area contributed by atoms with E-state index in [2.05, 4.69) is 44.0 Å². The molecule has 7 heteroatoms. The van der Waals surface area contributed by atoms with Gasteiger partial charge >= 0.3 is 0 Å². The number of rotatable bonds is 4. The van der Waals surface area contributed by atoms with Gasteiger partial charge in [0.2, 0.25) is 5.95 Å². The summed E-state index contributed by atoms with van der Waals surface area (Å²) < 4.78 is 0. The Balaban J connectivity index is 1.73. The maximum atomic E-state index is 4.73. The predicted octanol–water partition coefficient (Wildman–Crippen LogP) is 1.50. The molecule has 0 spiro atoms. The van der Waals surface area contributed by atoms with Crippen LogP contribution >= 0.6 is 0 Å². The molecular weight excluding hydrogens is 290 g/mol. The molecule has 0 aliphatic carbocycles. The maximum Gasteiger partial charge on any atom is 0.245 e. The molecule has 1 aliphatic heterocycles. The standard InChI is InChI=1S/C16H23N7/c1-3-13-14(4-2)19-21-16(18-13)23-10-6-9-22(11-12-23)15-7-5-8-17-20-15/h5,7-8H,3-4,6,9-12H2,1-2H3. The van der Waals surface area contributed by atoms with E-state index in [4.69, 9.17) is 4.98 Å². The van der Waals surface area contributed by atoms with Gasteiger partial charge < -0.3 is 9.80 Å². The van der Waals surface area contributed by atoms with Gasteiger partial charge in [-0.05, 0) is 31.4 Å². The normalized spacial score (nSPS) is 15.6. The Morgan fingerprint density at radius 2 is 1.70 bits per heavy atom. The highest BCUT2D eigenvalue weighted by Gasteiger charge is 2.19. The molecule has 7 nitrogen and oxygen atoms in total. The second-order valence-electron chi connectivity index (χ2n) is 5.62. The first kappa shape index (κ1) is 15.6. The number of aromatic nitrogens is 5. The molecule has 1 saturated heterocycles. The van der Waals surface area contributed by atoms with E-state index in [0.29, 0.717) is 0 Å². The van der Waals surface area contributed by atoms with Gasteiger partial charge in [0.25, 0.3) is 0 Å². The van der Waals surface area contributed by atoms with Crippen molar-refractivity contribution in [3.8, 4) is 0 Å². The number of hydrogen-bond acceptors (Lipinski definition) is 7. The lowest BCUT2D eigenvalue weighted by Gasteiger charge is -2.22. The lowest BCUT2D eigenvalue weighted by molar-refractivity contribution is 0.735. The summed E-state index contributed by atoms with van der Waals surface area (Å²) in [5.74, 6) is 1.68. The fraction of sp³-hybridized carbons (Fsp3) is 0.562. The van der Waals surface area contributed by atoms with Crippen LogP contribution in [0.4, 0.5) is 11.8 Å². The summed E-state index contributed by atoms with van der Waals surface area (Å²) >= 11 is 0. The molecule has 3 heterocycles. The number of anilines is 2. The lowest BCUT2D eigenvalue weighted by atomic mass is 10.2. The van der Waals surface area contributed by atoms with Gasteiger partial charge in [0.15, 0.2) is 5.82 Å². The Morgan fingerprint density at radius 3 is 2.43 bits per heavy atom. The summed E-state index contributed by atoms with van der Waals surface area (Å²) in [5.41, 5.74) is 2.07. The minimum atomic E-state index is 0.750. The van der Waals surface area contributed by atoms with Crippen molar-refractivity contribution in [1.82, 2.24) is 25.4 Å². The zero-order valence-corrected chi connectivity index (χ0v) is 13.8. The fourth-order valence-electron chi connectivity index (χ4n) is 2.87. The summed E-state index contributed by atoms with van der Waals surface area (Å²) in [6, 6.07) is 3.93. The molecule has 0 unspecified atom stereocenters. The summed E-state index contributed by atoms with van der Waals surface area (Å²) in [7, 11) is 0. The Bertz CT molecular complexity index is 632. The molecule has 0 radical (unpaired) electrons. The smallest absolute Gasteiger partial charge is 0.245 e. The van der Waals surface area contributed by atoms with Crippen molar-refractivity contribution >= 4 is 11.8 Å². The van der Waals surface area contributed by atoms with Crippen LogP contribution in [0.5, 0.6) is 0 Å². The van der Waals surface area contributed by atoms with Crippen molar-refractivity contribution < 1.29 is 0 Å². The van der Waals surface area contributed by atoms with E-state index in [1.807, 2.05) is 12.1 Å². The second kappa shape index (κ2) is 7.30. The van der Waals surface area contributed by atoms with Crippen LogP contribution in [0.3, 0.4) is 0 Å². The van der Waals surface area contributed by atoms with Gasteiger partial charge in [0.05, 0.1) is 11.4 Å². The monoisotopic (exact) mass is 313 g/mol. The van der Waals surface area contributed by atoms with Crippen molar-refractivity contribution in [2.75, 3.05) is 36.0 Å². The van der Waals surface area contributed by atoms with E-state index in [1.54, 1.807) is 6.20 Å². The first-order valence-electron chi connectivity index (χ1n) is 8.32. The third-order valence-corrected chi connectivity index (χ3v) is 4.16. The minimum absolute atomic E-state index is 0.750. The van der Waals surface area contributed by atoms with Crippen molar-refractivity contribution in [3.05, 3.63) is 29.7 Å². The van der Waals surface area contributed by atoms with Crippen LogP contribution in [0, 0.1) is 0 Å². The van der Waals surface area contributed by atoms with Crippen LogP contribution in [0.25, 0.3) is 0 Å². The Labute approximate surface area is 136 Å². The zero-order chi connectivity index (χ0) is 16.1. The summed E-state index contributed by atoms with van der Waals surface area (Å²) in [5, 5.41) is 16.9. The highest BCUT2D eigenvalue weighted by Crippen LogP contribution is 2.16. The molecule has 0 atom stereocenters. The topological polar surface area (TPSA) is 70.9 Å². The van der Waals surface area contributed by atoms with Crippen LogP contribution in [0.1, 0.15) is 31.7 Å². The van der Waals surface area contributed by atoms with Crippen molar-refractivity contribution in [2.45, 2.75) is 33.1 Å². The highest BCUT2D eigenvalue weighted by molar-refractivity contribution is 5.39. The lowest BCUT2D eigenvalue weighted by Crippen LogP contribution is -2.32. The Kier molecular flexibility index (Phi) is 4.95. The molecule has 0 bridgehead atoms. The number of hydrogen-bond donors (Lipinski definition) is 0. The van der Waals surface area contributed by atoms with Gasteiger partial charge in [-0.15, -0.1) is 10.2 Å². The first-order valence-corrected chi connectivity index (χ1v) is 8.32. The van der Waals surface area contributed by atoms with E-state index < -0.39 is 0 Å². The molecule has 0 N–H and O–H groups in total. The van der Waals surface area contributed by atoms with Crippen molar-refractivity contribution in [2.24, 2.45) is 0 Å². The van der Waals surface area contributed by atoms with Crippen molar-refractivity contribution in [3.63, 3.8) is 0 Å². The predicted molar refractivity (Wildman–Crippen MR) is 89.7 cm³/mol. The van der Waals surface area contributed by atoms with Crippen LogP contribution < -0.4 is 9.80 Å². The largest absolute Gasteiger partial charge is 0.353 e. The number of nitrogens with zero attached hydrogens (tertiary/aromatic N) is 7. The van der Waals surface area contributed by atoms with Crippen molar-refractivity contribution in [1.29, 1.82) is 0 Å². The summed E-state index contributed by atoms with van der Waals surface area (Å²) in [6.07, 6.45) is 4.51. The summed E-state index contributed by atoms with van der Waals surface area (Å²) in [6.45, 7) is 7.87. The van der Waals surface area contributed by atoms with Gasteiger partial charge in [-0.2, -0.15) is 10.2 Å². The Morgan fingerprint density at radius 1 is 0.913 bits per heavy atom. The first-order chi connectivity index (χ1) is 11.3. The van der Waals surface area contributed by atoms with E-state index in [1.165, 1.54) is 0 Å². The number of aryl methyl sites for hydroxylation is 2. The average molecular weight is 313 g/mol.